The van der Waals surface area contributed by atoms with Crippen LogP contribution in [0.5, 0.6) is 0 Å². The van der Waals surface area contributed by atoms with E-state index in [9.17, 15) is 0 Å². The summed E-state index contributed by atoms with van der Waals surface area (Å²) >= 11 is 5.48. The molecule has 1 aliphatic heterocycles. The van der Waals surface area contributed by atoms with Gasteiger partial charge in [-0.2, -0.15) is 0 Å². The third-order valence-corrected chi connectivity index (χ3v) is 2.25. The molecule has 1 nitrogen and oxygen atoms in total. The Kier molecular flexibility index (Phi) is 2.42. The molecule has 13 heavy (non-hydrogen) atoms. The van der Waals surface area contributed by atoms with Crippen LogP contribution < -0.4 is 5.32 Å². The molecule has 0 unspecified atom stereocenters. The van der Waals surface area contributed by atoms with E-state index < -0.39 is 0 Å². The molecule has 0 spiro atoms. The average molecular weight is 192 g/mol. The van der Waals surface area contributed by atoms with Crippen molar-refractivity contribution < 1.29 is 0 Å². The number of fused-ring (bicyclic) bond motifs is 1. The number of halogens is 1. The van der Waals surface area contributed by atoms with Gasteiger partial charge in [-0.25, -0.2) is 0 Å². The van der Waals surface area contributed by atoms with Gasteiger partial charge in [0.25, 0.3) is 0 Å². The summed E-state index contributed by atoms with van der Waals surface area (Å²) in [5, 5.41) is 3.31. The first-order valence-electron chi connectivity index (χ1n) is 4.32. The van der Waals surface area contributed by atoms with Crippen LogP contribution in [0.2, 0.25) is 0 Å². The second-order valence-corrected chi connectivity index (χ2v) is 3.25. The zero-order valence-corrected chi connectivity index (χ0v) is 7.99. The van der Waals surface area contributed by atoms with Crippen molar-refractivity contribution in [3.8, 4) is 11.8 Å². The van der Waals surface area contributed by atoms with Crippen molar-refractivity contribution in [1.82, 2.24) is 0 Å². The van der Waals surface area contributed by atoms with Gasteiger partial charge in [-0.05, 0) is 30.2 Å². The molecule has 0 saturated heterocycles. The van der Waals surface area contributed by atoms with Crippen LogP contribution >= 0.6 is 11.6 Å². The molecule has 2 rings (SSSR count). The van der Waals surface area contributed by atoms with Crippen LogP contribution in [-0.2, 0) is 6.42 Å². The average Bonchev–Trinajstić information content (AvgIpc) is 2.61. The maximum absolute atomic E-state index is 5.48. The van der Waals surface area contributed by atoms with Gasteiger partial charge in [0.05, 0.1) is 5.88 Å². The molecule has 0 bridgehead atoms. The normalized spacial score (nSPS) is 12.7. The van der Waals surface area contributed by atoms with E-state index >= 15 is 0 Å². The molecule has 0 fully saturated rings. The van der Waals surface area contributed by atoms with Crippen molar-refractivity contribution in [3.63, 3.8) is 0 Å². The van der Waals surface area contributed by atoms with E-state index in [0.717, 1.165) is 18.5 Å². The van der Waals surface area contributed by atoms with Crippen molar-refractivity contribution in [1.29, 1.82) is 0 Å². The lowest BCUT2D eigenvalue weighted by Crippen LogP contribution is -1.90. The number of alkyl halides is 1. The molecule has 0 saturated carbocycles. The number of hydrogen-bond donors (Lipinski definition) is 1. The van der Waals surface area contributed by atoms with Crippen LogP contribution in [0.15, 0.2) is 18.2 Å². The van der Waals surface area contributed by atoms with E-state index in [1.54, 1.807) is 0 Å². The highest BCUT2D eigenvalue weighted by Gasteiger charge is 2.08. The van der Waals surface area contributed by atoms with Gasteiger partial charge in [0.2, 0.25) is 0 Å². The lowest BCUT2D eigenvalue weighted by atomic mass is 10.1. The molecule has 66 valence electrons. The molecule has 0 aromatic heterocycles. The number of benzene rings is 1. The Hall–Kier alpha value is -1.13. The maximum Gasteiger partial charge on any atom is 0.0839 e. The van der Waals surface area contributed by atoms with E-state index in [1.165, 1.54) is 11.3 Å². The van der Waals surface area contributed by atoms with Gasteiger partial charge in [-0.15, -0.1) is 11.6 Å². The summed E-state index contributed by atoms with van der Waals surface area (Å²) in [7, 11) is 0. The Labute approximate surface area is 83.1 Å². The highest BCUT2D eigenvalue weighted by molar-refractivity contribution is 6.19. The summed E-state index contributed by atoms with van der Waals surface area (Å²) in [5.74, 6) is 6.26. The largest absolute Gasteiger partial charge is 0.384 e. The molecule has 0 atom stereocenters. The Morgan fingerprint density at radius 1 is 1.46 bits per heavy atom. The predicted octanol–water partition coefficient (Wildman–Crippen LogP) is 2.24. The number of anilines is 1. The van der Waals surface area contributed by atoms with E-state index in [0.29, 0.717) is 5.88 Å². The fourth-order valence-electron chi connectivity index (χ4n) is 1.52. The molecule has 1 aliphatic rings. The molecular formula is C11H10ClN. The van der Waals surface area contributed by atoms with Gasteiger partial charge in [-0.3, -0.25) is 0 Å². The van der Waals surface area contributed by atoms with Gasteiger partial charge in [0.1, 0.15) is 0 Å². The molecule has 2 heteroatoms. The van der Waals surface area contributed by atoms with Crippen molar-refractivity contribution in [3.05, 3.63) is 29.3 Å². The fraction of sp³-hybridized carbons (Fsp3) is 0.273. The molecule has 1 aromatic rings. The van der Waals surface area contributed by atoms with Crippen molar-refractivity contribution in [2.24, 2.45) is 0 Å². The molecule has 1 N–H and O–H groups in total. The molecule has 0 amide bonds. The van der Waals surface area contributed by atoms with Gasteiger partial charge in [-0.1, -0.05) is 11.8 Å². The maximum atomic E-state index is 5.48. The van der Waals surface area contributed by atoms with Crippen molar-refractivity contribution in [2.75, 3.05) is 17.7 Å². The Balaban J connectivity index is 2.31. The summed E-state index contributed by atoms with van der Waals surface area (Å²) < 4.78 is 0. The van der Waals surface area contributed by atoms with Crippen LogP contribution in [0.3, 0.4) is 0 Å². The molecule has 1 heterocycles. The third kappa shape index (κ3) is 1.79. The summed E-state index contributed by atoms with van der Waals surface area (Å²) in [6, 6.07) is 6.24. The van der Waals surface area contributed by atoms with Crippen LogP contribution in [-0.4, -0.2) is 12.4 Å². The van der Waals surface area contributed by atoms with Crippen LogP contribution in [0.4, 0.5) is 5.69 Å². The fourth-order valence-corrected chi connectivity index (χ4v) is 1.58. The summed E-state index contributed by atoms with van der Waals surface area (Å²) in [6.07, 6.45) is 1.10. The summed E-state index contributed by atoms with van der Waals surface area (Å²) in [6.45, 7) is 1.04. The van der Waals surface area contributed by atoms with Crippen molar-refractivity contribution >= 4 is 17.3 Å². The number of nitrogens with one attached hydrogen (secondary N) is 1. The van der Waals surface area contributed by atoms with Gasteiger partial charge in [0, 0.05) is 17.8 Å². The van der Waals surface area contributed by atoms with Crippen molar-refractivity contribution in [2.45, 2.75) is 6.42 Å². The second kappa shape index (κ2) is 3.72. The first kappa shape index (κ1) is 8.47. The zero-order chi connectivity index (χ0) is 9.10. The summed E-state index contributed by atoms with van der Waals surface area (Å²) in [4.78, 5) is 0. The van der Waals surface area contributed by atoms with Gasteiger partial charge >= 0.3 is 0 Å². The van der Waals surface area contributed by atoms with E-state index in [1.807, 2.05) is 6.07 Å². The topological polar surface area (TPSA) is 12.0 Å². The minimum absolute atomic E-state index is 0.398. The van der Waals surface area contributed by atoms with Gasteiger partial charge < -0.3 is 5.32 Å². The Bertz CT molecular complexity index is 373. The standard InChI is InChI=1S/C11H10ClN/c12-6-1-2-9-3-4-11-10(8-9)5-7-13-11/h3-4,8,13H,5-7H2. The Morgan fingerprint density at radius 2 is 2.38 bits per heavy atom. The summed E-state index contributed by atoms with van der Waals surface area (Å²) in [5.41, 5.74) is 3.67. The smallest absolute Gasteiger partial charge is 0.0839 e. The zero-order valence-electron chi connectivity index (χ0n) is 7.23. The molecule has 1 aromatic carbocycles. The number of hydrogen-bond acceptors (Lipinski definition) is 1. The Morgan fingerprint density at radius 3 is 3.23 bits per heavy atom. The lowest BCUT2D eigenvalue weighted by molar-refractivity contribution is 1.11. The first-order chi connectivity index (χ1) is 6.40. The van der Waals surface area contributed by atoms with Crippen LogP contribution in [0.25, 0.3) is 0 Å². The third-order valence-electron chi connectivity index (χ3n) is 2.11. The van der Waals surface area contributed by atoms with Gasteiger partial charge in [0.15, 0.2) is 0 Å². The lowest BCUT2D eigenvalue weighted by Gasteiger charge is -1.98. The van der Waals surface area contributed by atoms with E-state index in [2.05, 4.69) is 29.3 Å². The SMILES string of the molecule is ClCC#Cc1ccc2c(c1)CCN2. The van der Waals surface area contributed by atoms with Crippen LogP contribution in [0.1, 0.15) is 11.1 Å². The molecule has 0 radical (unpaired) electrons. The monoisotopic (exact) mass is 191 g/mol. The van der Waals surface area contributed by atoms with E-state index in [4.69, 9.17) is 11.6 Å². The quantitative estimate of drug-likeness (QED) is 0.490. The van der Waals surface area contributed by atoms with Crippen LogP contribution in [0, 0.1) is 11.8 Å². The number of rotatable bonds is 0. The minimum atomic E-state index is 0.398. The highest BCUT2D eigenvalue weighted by atomic mass is 35.5. The predicted molar refractivity (Wildman–Crippen MR) is 56.2 cm³/mol. The first-order valence-corrected chi connectivity index (χ1v) is 4.85. The minimum Gasteiger partial charge on any atom is -0.384 e. The van der Waals surface area contributed by atoms with E-state index in [-0.39, 0.29) is 0 Å². The second-order valence-electron chi connectivity index (χ2n) is 2.98. The molecular weight excluding hydrogens is 182 g/mol. The highest BCUT2D eigenvalue weighted by Crippen LogP contribution is 2.22. The molecule has 0 aliphatic carbocycles.